The second-order valence-electron chi connectivity index (χ2n) is 3.68. The van der Waals surface area contributed by atoms with E-state index in [0.29, 0.717) is 36.9 Å². The van der Waals surface area contributed by atoms with Gasteiger partial charge in [-0.05, 0) is 11.6 Å². The predicted octanol–water partition coefficient (Wildman–Crippen LogP) is 0.746. The lowest BCUT2D eigenvalue weighted by Crippen LogP contribution is -2.22. The van der Waals surface area contributed by atoms with Crippen molar-refractivity contribution in [2.24, 2.45) is 5.73 Å². The number of hydrogen-bond acceptors (Lipinski definition) is 5. The van der Waals surface area contributed by atoms with E-state index in [2.05, 4.69) is 0 Å². The minimum atomic E-state index is -0.167. The van der Waals surface area contributed by atoms with Crippen molar-refractivity contribution in [3.05, 3.63) is 23.3 Å². The van der Waals surface area contributed by atoms with E-state index in [1.54, 1.807) is 19.2 Å². The largest absolute Gasteiger partial charge is 0.486 e. The van der Waals surface area contributed by atoms with E-state index in [-0.39, 0.29) is 12.3 Å². The molecule has 0 aromatic heterocycles. The third-order valence-corrected chi connectivity index (χ3v) is 2.56. The first-order valence-electron chi connectivity index (χ1n) is 5.41. The Morgan fingerprint density at radius 1 is 1.41 bits per heavy atom. The average Bonchev–Trinajstić information content (AvgIpc) is 2.38. The Bertz CT molecular complexity index is 431. The van der Waals surface area contributed by atoms with Crippen LogP contribution >= 0.6 is 0 Å². The molecule has 0 spiro atoms. The molecule has 1 aliphatic rings. The second kappa shape index (κ2) is 5.16. The molecule has 0 saturated heterocycles. The lowest BCUT2D eigenvalue weighted by Gasteiger charge is -2.22. The number of carbonyl (C=O) groups is 1. The van der Waals surface area contributed by atoms with Crippen LogP contribution in [0, 0.1) is 0 Å². The molecule has 1 aromatic carbocycles. The number of Topliss-reactive ketones (excluding diaryl/α,β-unsaturated/α-hetero) is 1. The molecule has 2 N–H and O–H groups in total. The van der Waals surface area contributed by atoms with Crippen LogP contribution in [0.15, 0.2) is 12.1 Å². The highest BCUT2D eigenvalue weighted by Crippen LogP contribution is 2.36. The van der Waals surface area contributed by atoms with Gasteiger partial charge < -0.3 is 19.9 Å². The summed E-state index contributed by atoms with van der Waals surface area (Å²) < 4.78 is 16.0. The van der Waals surface area contributed by atoms with Crippen LogP contribution in [0.1, 0.15) is 15.9 Å². The number of rotatable bonds is 4. The van der Waals surface area contributed by atoms with Crippen LogP contribution < -0.4 is 15.2 Å². The van der Waals surface area contributed by atoms with Gasteiger partial charge in [0.1, 0.15) is 13.2 Å². The maximum atomic E-state index is 11.9. The molecule has 0 radical (unpaired) electrons. The highest BCUT2D eigenvalue weighted by atomic mass is 16.6. The number of methoxy groups -OCH3 is 1. The summed E-state index contributed by atoms with van der Waals surface area (Å²) in [5.74, 6) is 0.911. The van der Waals surface area contributed by atoms with E-state index in [9.17, 15) is 4.79 Å². The minimum Gasteiger partial charge on any atom is -0.486 e. The first-order chi connectivity index (χ1) is 8.27. The van der Waals surface area contributed by atoms with Gasteiger partial charge in [-0.25, -0.2) is 0 Å². The Morgan fingerprint density at radius 3 is 2.88 bits per heavy atom. The highest BCUT2D eigenvalue weighted by Gasteiger charge is 2.23. The Kier molecular flexibility index (Phi) is 3.61. The Morgan fingerprint density at radius 2 is 2.18 bits per heavy atom. The maximum Gasteiger partial charge on any atom is 0.180 e. The molecule has 5 heteroatoms. The molecule has 1 aliphatic heterocycles. The van der Waals surface area contributed by atoms with E-state index in [1.165, 1.54) is 0 Å². The number of nitrogens with two attached hydrogens (primary N) is 1. The van der Waals surface area contributed by atoms with Gasteiger partial charge in [0.15, 0.2) is 17.3 Å². The lowest BCUT2D eigenvalue weighted by atomic mass is 10.0. The molecule has 0 amide bonds. The first-order valence-corrected chi connectivity index (χ1v) is 5.41. The van der Waals surface area contributed by atoms with Gasteiger partial charge in [-0.1, -0.05) is 6.07 Å². The van der Waals surface area contributed by atoms with E-state index >= 15 is 0 Å². The molecular formula is C12H15NO4. The fourth-order valence-corrected chi connectivity index (χ4v) is 1.84. The van der Waals surface area contributed by atoms with Gasteiger partial charge in [-0.2, -0.15) is 0 Å². The molecule has 2 rings (SSSR count). The zero-order chi connectivity index (χ0) is 12.3. The van der Waals surface area contributed by atoms with Gasteiger partial charge >= 0.3 is 0 Å². The van der Waals surface area contributed by atoms with Crippen LogP contribution in [-0.2, 0) is 11.3 Å². The smallest absolute Gasteiger partial charge is 0.180 e. The molecule has 92 valence electrons. The second-order valence-corrected chi connectivity index (χ2v) is 3.68. The number of hydrogen-bond donors (Lipinski definition) is 1. The van der Waals surface area contributed by atoms with Crippen LogP contribution in [-0.4, -0.2) is 32.7 Å². The quantitative estimate of drug-likeness (QED) is 0.782. The van der Waals surface area contributed by atoms with E-state index in [4.69, 9.17) is 19.9 Å². The summed E-state index contributed by atoms with van der Waals surface area (Å²) in [6.45, 7) is 1.22. The van der Waals surface area contributed by atoms with Crippen LogP contribution in [0.5, 0.6) is 11.5 Å². The van der Waals surface area contributed by atoms with Crippen LogP contribution in [0.2, 0.25) is 0 Å². The van der Waals surface area contributed by atoms with Gasteiger partial charge in [0.25, 0.3) is 0 Å². The molecule has 0 bridgehead atoms. The summed E-state index contributed by atoms with van der Waals surface area (Å²) in [7, 11) is 1.58. The van der Waals surface area contributed by atoms with Crippen molar-refractivity contribution in [1.82, 2.24) is 0 Å². The van der Waals surface area contributed by atoms with Gasteiger partial charge in [0, 0.05) is 7.11 Å². The van der Waals surface area contributed by atoms with Crippen molar-refractivity contribution in [2.45, 2.75) is 6.61 Å². The van der Waals surface area contributed by atoms with Crippen molar-refractivity contribution in [1.29, 1.82) is 0 Å². The topological polar surface area (TPSA) is 70.8 Å². The summed E-state index contributed by atoms with van der Waals surface area (Å²) >= 11 is 0. The summed E-state index contributed by atoms with van der Waals surface area (Å²) in [6.07, 6.45) is 0. The summed E-state index contributed by atoms with van der Waals surface area (Å²) in [5, 5.41) is 0. The van der Waals surface area contributed by atoms with Gasteiger partial charge in [0.05, 0.1) is 18.7 Å². The monoisotopic (exact) mass is 237 g/mol. The van der Waals surface area contributed by atoms with Crippen LogP contribution in [0.25, 0.3) is 0 Å². The minimum absolute atomic E-state index is 0.0590. The fourth-order valence-electron chi connectivity index (χ4n) is 1.84. The summed E-state index contributed by atoms with van der Waals surface area (Å²) in [4.78, 5) is 11.9. The van der Waals surface area contributed by atoms with Crippen molar-refractivity contribution in [2.75, 3.05) is 26.9 Å². The first kappa shape index (κ1) is 11.9. The average molecular weight is 237 g/mol. The van der Waals surface area contributed by atoms with Gasteiger partial charge in [-0.15, -0.1) is 0 Å². The molecule has 0 atom stereocenters. The molecule has 1 heterocycles. The Balaban J connectivity index is 2.51. The number of ether oxygens (including phenoxy) is 3. The number of fused-ring (bicyclic) bond motifs is 1. The normalized spacial score (nSPS) is 13.5. The number of ketones is 1. The van der Waals surface area contributed by atoms with E-state index in [1.807, 2.05) is 0 Å². The van der Waals surface area contributed by atoms with Gasteiger partial charge in [-0.3, -0.25) is 4.79 Å². The standard InChI is InChI=1S/C12H15NO4/c1-15-7-8-2-3-10-12(17-5-4-16-10)11(8)9(14)6-13/h2-3H,4-7,13H2,1H3. The van der Waals surface area contributed by atoms with Crippen molar-refractivity contribution in [3.63, 3.8) is 0 Å². The highest BCUT2D eigenvalue weighted by molar-refractivity contribution is 6.02. The van der Waals surface area contributed by atoms with Crippen molar-refractivity contribution >= 4 is 5.78 Å². The lowest BCUT2D eigenvalue weighted by molar-refractivity contribution is 0.0984. The van der Waals surface area contributed by atoms with E-state index in [0.717, 1.165) is 5.56 Å². The van der Waals surface area contributed by atoms with Crippen LogP contribution in [0.3, 0.4) is 0 Å². The van der Waals surface area contributed by atoms with Gasteiger partial charge in [0.2, 0.25) is 0 Å². The Hall–Kier alpha value is -1.59. The van der Waals surface area contributed by atoms with E-state index < -0.39 is 0 Å². The number of benzene rings is 1. The molecule has 0 fully saturated rings. The van der Waals surface area contributed by atoms with Crippen molar-refractivity contribution in [3.8, 4) is 11.5 Å². The summed E-state index contributed by atoms with van der Waals surface area (Å²) in [6, 6.07) is 3.59. The zero-order valence-corrected chi connectivity index (χ0v) is 9.69. The SMILES string of the molecule is COCc1ccc2c(c1C(=O)CN)OCCO2. The number of carbonyl (C=O) groups excluding carboxylic acids is 1. The fraction of sp³-hybridized carbons (Fsp3) is 0.417. The van der Waals surface area contributed by atoms with Crippen LogP contribution in [0.4, 0.5) is 0 Å². The molecule has 1 aromatic rings. The third kappa shape index (κ3) is 2.25. The molecular weight excluding hydrogens is 222 g/mol. The Labute approximate surface area is 99.5 Å². The third-order valence-electron chi connectivity index (χ3n) is 2.56. The molecule has 17 heavy (non-hydrogen) atoms. The molecule has 0 unspecified atom stereocenters. The molecule has 0 aliphatic carbocycles. The zero-order valence-electron chi connectivity index (χ0n) is 9.69. The maximum absolute atomic E-state index is 11.9. The molecule has 0 saturated carbocycles. The summed E-state index contributed by atoms with van der Waals surface area (Å²) in [5.41, 5.74) is 6.66. The van der Waals surface area contributed by atoms with Crippen molar-refractivity contribution < 1.29 is 19.0 Å². The molecule has 5 nitrogen and oxygen atoms in total. The predicted molar refractivity (Wildman–Crippen MR) is 61.5 cm³/mol.